The molecule has 1 amide bonds. The summed E-state index contributed by atoms with van der Waals surface area (Å²) in [5, 5.41) is 11.6. The van der Waals surface area contributed by atoms with E-state index in [0.29, 0.717) is 22.6 Å². The number of rotatable bonds is 6. The summed E-state index contributed by atoms with van der Waals surface area (Å²) in [5.74, 6) is -0.566. The van der Waals surface area contributed by atoms with E-state index in [9.17, 15) is 9.59 Å². The number of ether oxygens (including phenoxy) is 2. The van der Waals surface area contributed by atoms with Crippen molar-refractivity contribution in [3.8, 4) is 11.8 Å². The van der Waals surface area contributed by atoms with Crippen molar-refractivity contribution in [2.45, 2.75) is 6.10 Å². The molecule has 1 N–H and O–H groups in total. The van der Waals surface area contributed by atoms with Crippen molar-refractivity contribution in [3.05, 3.63) is 95.6 Å². The standard InChI is InChI=1S/C23H18N2O4/c1-28-20-9-5-8-19(14-20)25-22(26)21(17-6-3-2-4-7-17)29-23(27)18-12-10-16(15-24)11-13-18/h2-14,21H,1H3,(H,25,26). The molecule has 0 aliphatic rings. The molecule has 6 nitrogen and oxygen atoms in total. The number of carbonyl (C=O) groups excluding carboxylic acids is 2. The van der Waals surface area contributed by atoms with E-state index in [1.165, 1.54) is 31.4 Å². The van der Waals surface area contributed by atoms with Crippen LogP contribution < -0.4 is 10.1 Å². The number of methoxy groups -OCH3 is 1. The van der Waals surface area contributed by atoms with Gasteiger partial charge in [0, 0.05) is 17.3 Å². The summed E-state index contributed by atoms with van der Waals surface area (Å²) in [7, 11) is 1.53. The number of nitriles is 1. The van der Waals surface area contributed by atoms with Crippen LogP contribution in [-0.4, -0.2) is 19.0 Å². The van der Waals surface area contributed by atoms with E-state index < -0.39 is 18.0 Å². The van der Waals surface area contributed by atoms with Gasteiger partial charge in [0.25, 0.3) is 5.91 Å². The van der Waals surface area contributed by atoms with Crippen molar-refractivity contribution in [1.29, 1.82) is 5.26 Å². The van der Waals surface area contributed by atoms with Gasteiger partial charge in [0.05, 0.1) is 24.3 Å². The monoisotopic (exact) mass is 386 g/mol. The molecule has 3 rings (SSSR count). The molecule has 0 saturated heterocycles. The van der Waals surface area contributed by atoms with Gasteiger partial charge in [-0.3, -0.25) is 4.79 Å². The Morgan fingerprint density at radius 2 is 1.69 bits per heavy atom. The van der Waals surface area contributed by atoms with E-state index in [4.69, 9.17) is 14.7 Å². The highest BCUT2D eigenvalue weighted by Gasteiger charge is 2.26. The zero-order valence-corrected chi connectivity index (χ0v) is 15.7. The molecule has 0 heterocycles. The first-order chi connectivity index (χ1) is 14.1. The Kier molecular flexibility index (Phi) is 6.23. The van der Waals surface area contributed by atoms with Gasteiger partial charge in [-0.25, -0.2) is 4.79 Å². The molecule has 1 atom stereocenters. The van der Waals surface area contributed by atoms with Gasteiger partial charge in [0.1, 0.15) is 5.75 Å². The summed E-state index contributed by atoms with van der Waals surface area (Å²) in [4.78, 5) is 25.5. The maximum Gasteiger partial charge on any atom is 0.339 e. The molecular formula is C23H18N2O4. The minimum absolute atomic E-state index is 0.249. The van der Waals surface area contributed by atoms with Crippen LogP contribution in [0.1, 0.15) is 27.6 Å². The van der Waals surface area contributed by atoms with Gasteiger partial charge in [-0.1, -0.05) is 36.4 Å². The first kappa shape index (κ1) is 19.6. The number of amides is 1. The Morgan fingerprint density at radius 3 is 2.34 bits per heavy atom. The summed E-state index contributed by atoms with van der Waals surface area (Å²) in [6.45, 7) is 0. The summed E-state index contributed by atoms with van der Waals surface area (Å²) < 4.78 is 10.7. The second-order valence-corrected chi connectivity index (χ2v) is 6.11. The molecule has 3 aromatic rings. The van der Waals surface area contributed by atoms with E-state index in [2.05, 4.69) is 5.32 Å². The van der Waals surface area contributed by atoms with E-state index >= 15 is 0 Å². The molecule has 1 unspecified atom stereocenters. The largest absolute Gasteiger partial charge is 0.497 e. The number of esters is 1. The van der Waals surface area contributed by atoms with Crippen LogP contribution in [0.2, 0.25) is 0 Å². The zero-order chi connectivity index (χ0) is 20.6. The highest BCUT2D eigenvalue weighted by molar-refractivity contribution is 5.98. The molecule has 3 aromatic carbocycles. The molecule has 0 fully saturated rings. The van der Waals surface area contributed by atoms with Gasteiger partial charge in [-0.05, 0) is 36.4 Å². The van der Waals surface area contributed by atoms with Crippen molar-refractivity contribution < 1.29 is 19.1 Å². The Bertz CT molecular complexity index is 1040. The lowest BCUT2D eigenvalue weighted by atomic mass is 10.1. The number of anilines is 1. The fourth-order valence-electron chi connectivity index (χ4n) is 2.67. The van der Waals surface area contributed by atoms with Crippen LogP contribution in [0, 0.1) is 11.3 Å². The van der Waals surface area contributed by atoms with Crippen LogP contribution in [0.15, 0.2) is 78.9 Å². The number of hydrogen-bond donors (Lipinski definition) is 1. The maximum atomic E-state index is 12.9. The lowest BCUT2D eigenvalue weighted by molar-refractivity contribution is -0.125. The Balaban J connectivity index is 1.83. The van der Waals surface area contributed by atoms with Crippen molar-refractivity contribution in [3.63, 3.8) is 0 Å². The van der Waals surface area contributed by atoms with Crippen molar-refractivity contribution >= 4 is 17.6 Å². The molecule has 0 aromatic heterocycles. The Hall–Kier alpha value is -4.11. The molecule has 0 aliphatic carbocycles. The van der Waals surface area contributed by atoms with E-state index in [0.717, 1.165) is 0 Å². The van der Waals surface area contributed by atoms with Gasteiger partial charge in [-0.15, -0.1) is 0 Å². The first-order valence-corrected chi connectivity index (χ1v) is 8.81. The minimum atomic E-state index is -1.15. The summed E-state index contributed by atoms with van der Waals surface area (Å²) in [6.07, 6.45) is -1.15. The third-order valence-electron chi connectivity index (χ3n) is 4.15. The SMILES string of the molecule is COc1cccc(NC(=O)C(OC(=O)c2ccc(C#N)cc2)c2ccccc2)c1. The fourth-order valence-corrected chi connectivity index (χ4v) is 2.67. The van der Waals surface area contributed by atoms with Crippen molar-refractivity contribution in [1.82, 2.24) is 0 Å². The smallest absolute Gasteiger partial charge is 0.339 e. The number of nitrogens with zero attached hydrogens (tertiary/aromatic N) is 1. The molecule has 0 radical (unpaired) electrons. The predicted molar refractivity (Wildman–Crippen MR) is 107 cm³/mol. The second kappa shape index (κ2) is 9.20. The molecule has 144 valence electrons. The lowest BCUT2D eigenvalue weighted by Gasteiger charge is -2.18. The highest BCUT2D eigenvalue weighted by Crippen LogP contribution is 2.23. The maximum absolute atomic E-state index is 12.9. The number of hydrogen-bond acceptors (Lipinski definition) is 5. The summed E-state index contributed by atoms with van der Waals surface area (Å²) in [5.41, 5.74) is 1.73. The third-order valence-corrected chi connectivity index (χ3v) is 4.15. The fraction of sp³-hybridized carbons (Fsp3) is 0.0870. The van der Waals surface area contributed by atoms with Crippen LogP contribution in [-0.2, 0) is 9.53 Å². The minimum Gasteiger partial charge on any atom is -0.497 e. The third kappa shape index (κ3) is 4.99. The highest BCUT2D eigenvalue weighted by atomic mass is 16.5. The quantitative estimate of drug-likeness (QED) is 0.644. The normalized spacial score (nSPS) is 11.0. The predicted octanol–water partition coefficient (Wildman–Crippen LogP) is 4.10. The molecule has 0 bridgehead atoms. The Morgan fingerprint density at radius 1 is 0.966 bits per heavy atom. The molecule has 6 heteroatoms. The second-order valence-electron chi connectivity index (χ2n) is 6.11. The van der Waals surface area contributed by atoms with E-state index in [1.807, 2.05) is 12.1 Å². The van der Waals surface area contributed by atoms with Crippen molar-refractivity contribution in [2.24, 2.45) is 0 Å². The average molecular weight is 386 g/mol. The number of benzene rings is 3. The summed E-state index contributed by atoms with van der Waals surface area (Å²) >= 11 is 0. The van der Waals surface area contributed by atoms with Crippen molar-refractivity contribution in [2.75, 3.05) is 12.4 Å². The van der Waals surface area contributed by atoms with Crippen LogP contribution in [0.3, 0.4) is 0 Å². The van der Waals surface area contributed by atoms with Gasteiger partial charge in [0.2, 0.25) is 6.10 Å². The molecule has 0 aliphatic heterocycles. The number of nitrogens with one attached hydrogen (secondary N) is 1. The van der Waals surface area contributed by atoms with Crippen LogP contribution >= 0.6 is 0 Å². The number of carbonyl (C=O) groups is 2. The molecule has 0 saturated carbocycles. The topological polar surface area (TPSA) is 88.4 Å². The van der Waals surface area contributed by atoms with Gasteiger partial charge in [0.15, 0.2) is 0 Å². The average Bonchev–Trinajstić information content (AvgIpc) is 2.78. The van der Waals surface area contributed by atoms with Crippen LogP contribution in [0.25, 0.3) is 0 Å². The molecular weight excluding hydrogens is 368 g/mol. The van der Waals surface area contributed by atoms with Crippen LogP contribution in [0.4, 0.5) is 5.69 Å². The van der Waals surface area contributed by atoms with Crippen LogP contribution in [0.5, 0.6) is 5.75 Å². The lowest BCUT2D eigenvalue weighted by Crippen LogP contribution is -2.26. The molecule has 0 spiro atoms. The van der Waals surface area contributed by atoms with Gasteiger partial charge < -0.3 is 14.8 Å². The molecule has 29 heavy (non-hydrogen) atoms. The summed E-state index contributed by atoms with van der Waals surface area (Å²) in [6, 6.07) is 23.6. The van der Waals surface area contributed by atoms with Gasteiger partial charge >= 0.3 is 5.97 Å². The zero-order valence-electron chi connectivity index (χ0n) is 15.7. The van der Waals surface area contributed by atoms with E-state index in [-0.39, 0.29) is 5.56 Å². The van der Waals surface area contributed by atoms with Gasteiger partial charge in [-0.2, -0.15) is 5.26 Å². The van der Waals surface area contributed by atoms with E-state index in [1.54, 1.807) is 48.5 Å². The Labute approximate surface area is 168 Å². The first-order valence-electron chi connectivity index (χ1n) is 8.81.